The van der Waals surface area contributed by atoms with Crippen molar-refractivity contribution in [1.29, 1.82) is 0 Å². The van der Waals surface area contributed by atoms with Gasteiger partial charge in [-0.15, -0.1) is 53.1 Å². The second-order valence-electron chi connectivity index (χ2n) is 13.6. The van der Waals surface area contributed by atoms with Gasteiger partial charge in [-0.1, -0.05) is 110 Å². The van der Waals surface area contributed by atoms with Crippen molar-refractivity contribution in [1.82, 2.24) is 9.97 Å². The van der Waals surface area contributed by atoms with Gasteiger partial charge in [-0.05, 0) is 100 Å². The van der Waals surface area contributed by atoms with Crippen LogP contribution in [-0.2, 0) is 20.1 Å². The number of pyridine rings is 2. The molecular weight excluding hydrogens is 825 g/mol. The van der Waals surface area contributed by atoms with Crippen LogP contribution < -0.4 is 0 Å². The van der Waals surface area contributed by atoms with E-state index in [2.05, 4.69) is 136 Å². The Morgan fingerprint density at radius 1 is 0.528 bits per heavy atom. The standard InChI is InChI=1S/C35H24NO.C14H14N.Ir/c1-22-17-27-18-25(24-9-4-3-5-10-24)15-16-26(27)19-31(22)32-20-33(36-21-23(32)2)30-13-8-12-29-28-11-6-7-14-34(28)37-35(29)30;1-10-4-7-14(15-9-10)13-6-5-11(2)12(3)8-13;/h3-12,14-21H,1-2H3;4-5,7-9H,1-3H3;/q2*-1;. The van der Waals surface area contributed by atoms with Crippen LogP contribution in [0.25, 0.3) is 77.5 Å². The van der Waals surface area contributed by atoms with Gasteiger partial charge in [0.2, 0.25) is 0 Å². The van der Waals surface area contributed by atoms with Crippen LogP contribution in [0.15, 0.2) is 144 Å². The molecule has 0 N–H and O–H groups in total. The third-order valence-corrected chi connectivity index (χ3v) is 9.89. The number of furan rings is 1. The van der Waals surface area contributed by atoms with Crippen LogP contribution in [0, 0.1) is 46.8 Å². The molecule has 0 bridgehead atoms. The number of aromatic nitrogens is 2. The molecule has 6 aromatic carbocycles. The molecule has 0 aliphatic carbocycles. The van der Waals surface area contributed by atoms with E-state index < -0.39 is 0 Å². The Hall–Kier alpha value is -5.67. The van der Waals surface area contributed by atoms with E-state index in [-0.39, 0.29) is 20.1 Å². The van der Waals surface area contributed by atoms with Gasteiger partial charge in [0.15, 0.2) is 0 Å². The first-order valence-corrected chi connectivity index (χ1v) is 17.6. The van der Waals surface area contributed by atoms with E-state index >= 15 is 0 Å². The number of fused-ring (bicyclic) bond motifs is 4. The molecule has 9 rings (SSSR count). The Balaban J connectivity index is 0.000000229. The number of hydrogen-bond donors (Lipinski definition) is 0. The predicted octanol–water partition coefficient (Wildman–Crippen LogP) is 13.0. The fourth-order valence-corrected chi connectivity index (χ4v) is 6.79. The molecule has 9 aromatic rings. The minimum Gasteiger partial charge on any atom is -0.501 e. The Kier molecular flexibility index (Phi) is 10.2. The molecule has 0 aliphatic heterocycles. The SMILES string of the molecule is Cc1ccc(-c2[c-]cc(C)c(C)c2)nc1.Cc1cnc(-c2[c-]ccc3c2oc2ccccc23)cc1-c1cc2ccc(-c3ccccc3)cc2cc1C.[Ir]. The van der Waals surface area contributed by atoms with Crippen molar-refractivity contribution >= 4 is 32.7 Å². The topological polar surface area (TPSA) is 38.9 Å². The van der Waals surface area contributed by atoms with Crippen molar-refractivity contribution in [3.8, 4) is 44.8 Å². The van der Waals surface area contributed by atoms with E-state index in [0.29, 0.717) is 0 Å². The third kappa shape index (κ3) is 7.22. The first-order chi connectivity index (χ1) is 25.3. The van der Waals surface area contributed by atoms with Crippen LogP contribution in [0.4, 0.5) is 0 Å². The Morgan fingerprint density at radius 3 is 2.09 bits per heavy atom. The molecule has 53 heavy (non-hydrogen) atoms. The van der Waals surface area contributed by atoms with Crippen molar-refractivity contribution in [2.75, 3.05) is 0 Å². The molecule has 1 radical (unpaired) electrons. The van der Waals surface area contributed by atoms with Crippen LogP contribution in [0.5, 0.6) is 0 Å². The van der Waals surface area contributed by atoms with Gasteiger partial charge in [0.25, 0.3) is 0 Å². The quantitative estimate of drug-likeness (QED) is 0.166. The maximum atomic E-state index is 6.27. The summed E-state index contributed by atoms with van der Waals surface area (Å²) >= 11 is 0. The van der Waals surface area contributed by atoms with Crippen molar-refractivity contribution in [3.63, 3.8) is 0 Å². The van der Waals surface area contributed by atoms with Crippen molar-refractivity contribution in [2.45, 2.75) is 34.6 Å². The number of rotatable bonds is 4. The van der Waals surface area contributed by atoms with Gasteiger partial charge >= 0.3 is 0 Å². The van der Waals surface area contributed by atoms with Crippen LogP contribution in [-0.4, -0.2) is 9.97 Å². The number of para-hydroxylation sites is 1. The molecule has 3 nitrogen and oxygen atoms in total. The average molecular weight is 863 g/mol. The van der Waals surface area contributed by atoms with Crippen LogP contribution >= 0.6 is 0 Å². The minimum atomic E-state index is 0. The summed E-state index contributed by atoms with van der Waals surface area (Å²) < 4.78 is 6.27. The Labute approximate surface area is 324 Å². The zero-order valence-corrected chi connectivity index (χ0v) is 32.8. The largest absolute Gasteiger partial charge is 0.501 e. The van der Waals surface area contributed by atoms with Crippen molar-refractivity contribution in [3.05, 3.63) is 180 Å². The summed E-state index contributed by atoms with van der Waals surface area (Å²) in [5.41, 5.74) is 16.5. The average Bonchev–Trinajstić information content (AvgIpc) is 3.56. The molecule has 3 heterocycles. The summed E-state index contributed by atoms with van der Waals surface area (Å²) in [7, 11) is 0. The fraction of sp³-hybridized carbons (Fsp3) is 0.102. The van der Waals surface area contributed by atoms with Crippen LogP contribution in [0.3, 0.4) is 0 Å². The summed E-state index contributed by atoms with van der Waals surface area (Å²) in [5, 5.41) is 4.67. The first-order valence-electron chi connectivity index (χ1n) is 17.6. The molecule has 261 valence electrons. The van der Waals surface area contributed by atoms with Crippen molar-refractivity contribution in [2.24, 2.45) is 0 Å². The predicted molar refractivity (Wildman–Crippen MR) is 216 cm³/mol. The summed E-state index contributed by atoms with van der Waals surface area (Å²) in [4.78, 5) is 9.19. The molecule has 0 unspecified atom stereocenters. The molecular formula is C49H38IrN2O-2. The van der Waals surface area contributed by atoms with Crippen LogP contribution in [0.2, 0.25) is 0 Å². The normalized spacial score (nSPS) is 11.0. The second kappa shape index (κ2) is 15.1. The van der Waals surface area contributed by atoms with Gasteiger partial charge in [0.05, 0.1) is 5.58 Å². The number of benzene rings is 6. The molecule has 3 aromatic heterocycles. The number of nitrogens with zero attached hydrogens (tertiary/aromatic N) is 2. The minimum absolute atomic E-state index is 0. The fourth-order valence-electron chi connectivity index (χ4n) is 6.79. The van der Waals surface area contributed by atoms with Gasteiger partial charge in [0.1, 0.15) is 5.58 Å². The zero-order valence-electron chi connectivity index (χ0n) is 30.4. The van der Waals surface area contributed by atoms with E-state index in [0.717, 1.165) is 50.0 Å². The molecule has 0 amide bonds. The van der Waals surface area contributed by atoms with Gasteiger partial charge in [-0.25, -0.2) is 0 Å². The van der Waals surface area contributed by atoms with E-state index in [1.165, 1.54) is 55.3 Å². The molecule has 0 aliphatic rings. The van der Waals surface area contributed by atoms with Crippen LogP contribution in [0.1, 0.15) is 27.8 Å². The van der Waals surface area contributed by atoms with Gasteiger partial charge < -0.3 is 14.4 Å². The van der Waals surface area contributed by atoms with Gasteiger partial charge in [-0.3, -0.25) is 0 Å². The summed E-state index contributed by atoms with van der Waals surface area (Å²) in [6, 6.07) is 51.1. The molecule has 0 fully saturated rings. The maximum Gasteiger partial charge on any atom is 0.120 e. The Morgan fingerprint density at radius 2 is 1.30 bits per heavy atom. The van der Waals surface area contributed by atoms with Crippen molar-refractivity contribution < 1.29 is 24.5 Å². The summed E-state index contributed by atoms with van der Waals surface area (Å²) in [6.45, 7) is 10.6. The van der Waals surface area contributed by atoms with Gasteiger partial charge in [0, 0.05) is 37.9 Å². The monoisotopic (exact) mass is 863 g/mol. The Bertz CT molecular complexity index is 2730. The van der Waals surface area contributed by atoms with Gasteiger partial charge in [-0.2, -0.15) is 0 Å². The van der Waals surface area contributed by atoms with E-state index in [4.69, 9.17) is 9.40 Å². The maximum absolute atomic E-state index is 6.27. The molecule has 0 spiro atoms. The molecule has 0 saturated heterocycles. The van der Waals surface area contributed by atoms with E-state index in [1.807, 2.05) is 55.7 Å². The second-order valence-corrected chi connectivity index (χ2v) is 13.6. The third-order valence-electron chi connectivity index (χ3n) is 9.89. The summed E-state index contributed by atoms with van der Waals surface area (Å²) in [5.74, 6) is 0. The number of hydrogen-bond acceptors (Lipinski definition) is 3. The van der Waals surface area contributed by atoms with E-state index in [9.17, 15) is 0 Å². The molecule has 4 heteroatoms. The smallest absolute Gasteiger partial charge is 0.120 e. The molecule has 0 saturated carbocycles. The number of aryl methyl sites for hydroxylation is 5. The zero-order chi connectivity index (χ0) is 35.8. The van der Waals surface area contributed by atoms with E-state index in [1.54, 1.807) is 0 Å². The summed E-state index contributed by atoms with van der Waals surface area (Å²) in [6.07, 6.45) is 3.85. The molecule has 0 atom stereocenters. The first kappa shape index (κ1) is 35.7.